The van der Waals surface area contributed by atoms with Gasteiger partial charge in [-0.15, -0.1) is 11.3 Å². The third kappa shape index (κ3) is 2.71. The summed E-state index contributed by atoms with van der Waals surface area (Å²) >= 11 is 1.55. The van der Waals surface area contributed by atoms with Gasteiger partial charge in [-0.2, -0.15) is 0 Å². The molecule has 0 saturated carbocycles. The third-order valence-corrected chi connectivity index (χ3v) is 4.43. The van der Waals surface area contributed by atoms with Gasteiger partial charge in [-0.25, -0.2) is 4.98 Å². The molecule has 112 valence electrons. The summed E-state index contributed by atoms with van der Waals surface area (Å²) in [6, 6.07) is 0. The molecule has 2 aromatic heterocycles. The van der Waals surface area contributed by atoms with Crippen molar-refractivity contribution in [1.82, 2.24) is 15.0 Å². The maximum atomic E-state index is 12.7. The van der Waals surface area contributed by atoms with Crippen molar-refractivity contribution < 1.29 is 14.1 Å². The number of rotatable bonds is 3. The molecule has 0 aromatic carbocycles. The Morgan fingerprint density at radius 1 is 1.57 bits per heavy atom. The van der Waals surface area contributed by atoms with Crippen LogP contribution in [0.4, 0.5) is 0 Å². The minimum absolute atomic E-state index is 0.0320. The van der Waals surface area contributed by atoms with Gasteiger partial charge in [-0.05, 0) is 13.3 Å². The number of carbonyl (C=O) groups is 1. The summed E-state index contributed by atoms with van der Waals surface area (Å²) in [5.74, 6) is 0.546. The van der Waals surface area contributed by atoms with Crippen LogP contribution in [-0.4, -0.2) is 40.6 Å². The van der Waals surface area contributed by atoms with E-state index in [1.54, 1.807) is 29.4 Å². The van der Waals surface area contributed by atoms with Crippen molar-refractivity contribution >= 4 is 17.2 Å². The molecule has 1 saturated heterocycles. The molecule has 0 N–H and O–H groups in total. The summed E-state index contributed by atoms with van der Waals surface area (Å²) in [7, 11) is 0. The highest BCUT2D eigenvalue weighted by atomic mass is 32.1. The number of amides is 1. The summed E-state index contributed by atoms with van der Waals surface area (Å²) < 4.78 is 10.9. The second-order valence-electron chi connectivity index (χ2n) is 4.89. The molecule has 3 rings (SSSR count). The summed E-state index contributed by atoms with van der Waals surface area (Å²) in [6.07, 6.45) is 2.29. The molecule has 1 aliphatic rings. The summed E-state index contributed by atoms with van der Waals surface area (Å²) in [5, 5.41) is 6.78. The van der Waals surface area contributed by atoms with Gasteiger partial charge in [-0.3, -0.25) is 4.79 Å². The molecule has 1 aliphatic heterocycles. The Morgan fingerprint density at radius 3 is 3.14 bits per heavy atom. The van der Waals surface area contributed by atoms with E-state index in [1.807, 2.05) is 12.3 Å². The number of aromatic nitrogens is 2. The van der Waals surface area contributed by atoms with E-state index in [0.29, 0.717) is 37.4 Å². The lowest BCUT2D eigenvalue weighted by atomic mass is 10.1. The largest absolute Gasteiger partial charge is 0.367 e. The normalized spacial score (nSPS) is 19.0. The van der Waals surface area contributed by atoms with Gasteiger partial charge in [0.1, 0.15) is 22.4 Å². The molecule has 1 atom stereocenters. The standard InChI is InChI=1S/C14H17N3O3S/c1-3-10-12(9(2)20-16-10)14(18)17-5-6-19-11(8-17)13-15-4-7-21-13/h4,7,11H,3,5-6,8H2,1-2H3/t11-/m0/s1. The van der Waals surface area contributed by atoms with Gasteiger partial charge in [0, 0.05) is 18.1 Å². The molecule has 1 fully saturated rings. The van der Waals surface area contributed by atoms with Crippen molar-refractivity contribution in [3.63, 3.8) is 0 Å². The number of hydrogen-bond donors (Lipinski definition) is 0. The van der Waals surface area contributed by atoms with E-state index >= 15 is 0 Å². The second kappa shape index (κ2) is 5.95. The minimum Gasteiger partial charge on any atom is -0.367 e. The fourth-order valence-corrected chi connectivity index (χ4v) is 3.15. The van der Waals surface area contributed by atoms with Gasteiger partial charge in [0.25, 0.3) is 5.91 Å². The van der Waals surface area contributed by atoms with Gasteiger partial charge in [0.15, 0.2) is 0 Å². The molecular formula is C14H17N3O3S. The van der Waals surface area contributed by atoms with Gasteiger partial charge < -0.3 is 14.2 Å². The molecular weight excluding hydrogens is 290 g/mol. The van der Waals surface area contributed by atoms with Crippen molar-refractivity contribution in [2.45, 2.75) is 26.4 Å². The van der Waals surface area contributed by atoms with Crippen LogP contribution in [0.1, 0.15) is 39.8 Å². The Morgan fingerprint density at radius 2 is 2.43 bits per heavy atom. The maximum absolute atomic E-state index is 12.7. The molecule has 0 radical (unpaired) electrons. The number of nitrogens with zero attached hydrogens (tertiary/aromatic N) is 3. The zero-order valence-electron chi connectivity index (χ0n) is 12.0. The monoisotopic (exact) mass is 307 g/mol. The van der Waals surface area contributed by atoms with Crippen molar-refractivity contribution in [2.24, 2.45) is 0 Å². The second-order valence-corrected chi connectivity index (χ2v) is 5.82. The van der Waals surface area contributed by atoms with Crippen molar-refractivity contribution in [3.8, 4) is 0 Å². The number of hydrogen-bond acceptors (Lipinski definition) is 6. The minimum atomic E-state index is -0.145. The van der Waals surface area contributed by atoms with E-state index in [4.69, 9.17) is 9.26 Å². The SMILES string of the molecule is CCc1noc(C)c1C(=O)N1CCO[C@H](c2nccs2)C1. The quantitative estimate of drug-likeness (QED) is 0.869. The van der Waals surface area contributed by atoms with Gasteiger partial charge >= 0.3 is 0 Å². The van der Waals surface area contributed by atoms with Crippen LogP contribution in [0.5, 0.6) is 0 Å². The predicted molar refractivity (Wildman–Crippen MR) is 77.3 cm³/mol. The lowest BCUT2D eigenvalue weighted by Gasteiger charge is -2.32. The highest BCUT2D eigenvalue weighted by Gasteiger charge is 2.30. The van der Waals surface area contributed by atoms with Crippen LogP contribution in [0.15, 0.2) is 16.1 Å². The summed E-state index contributed by atoms with van der Waals surface area (Å²) in [6.45, 7) is 5.35. The molecule has 1 amide bonds. The van der Waals surface area contributed by atoms with E-state index in [-0.39, 0.29) is 12.0 Å². The number of thiazole rings is 1. The maximum Gasteiger partial charge on any atom is 0.259 e. The topological polar surface area (TPSA) is 68.5 Å². The summed E-state index contributed by atoms with van der Waals surface area (Å²) in [5.41, 5.74) is 1.31. The van der Waals surface area contributed by atoms with Crippen molar-refractivity contribution in [1.29, 1.82) is 0 Å². The van der Waals surface area contributed by atoms with Crippen molar-refractivity contribution in [2.75, 3.05) is 19.7 Å². The number of aryl methyl sites for hydroxylation is 2. The number of ether oxygens (including phenoxy) is 1. The van der Waals surface area contributed by atoms with Gasteiger partial charge in [0.05, 0.1) is 18.8 Å². The Kier molecular flexibility index (Phi) is 4.03. The fourth-order valence-electron chi connectivity index (χ4n) is 2.47. The first-order chi connectivity index (χ1) is 10.2. The van der Waals surface area contributed by atoms with Crippen LogP contribution in [0.2, 0.25) is 0 Å². The molecule has 0 bridgehead atoms. The number of morpholine rings is 1. The summed E-state index contributed by atoms with van der Waals surface area (Å²) in [4.78, 5) is 18.8. The zero-order chi connectivity index (χ0) is 14.8. The van der Waals surface area contributed by atoms with E-state index in [1.165, 1.54) is 0 Å². The highest BCUT2D eigenvalue weighted by Crippen LogP contribution is 2.26. The van der Waals surface area contributed by atoms with Crippen LogP contribution in [0.3, 0.4) is 0 Å². The highest BCUT2D eigenvalue weighted by molar-refractivity contribution is 7.09. The average molecular weight is 307 g/mol. The van der Waals surface area contributed by atoms with E-state index in [2.05, 4.69) is 10.1 Å². The smallest absolute Gasteiger partial charge is 0.259 e. The van der Waals surface area contributed by atoms with Crippen LogP contribution in [-0.2, 0) is 11.2 Å². The van der Waals surface area contributed by atoms with E-state index < -0.39 is 0 Å². The van der Waals surface area contributed by atoms with Gasteiger partial charge in [-0.1, -0.05) is 12.1 Å². The Bertz CT molecular complexity index is 623. The first kappa shape index (κ1) is 14.2. The molecule has 7 heteroatoms. The van der Waals surface area contributed by atoms with Crippen LogP contribution < -0.4 is 0 Å². The predicted octanol–water partition coefficient (Wildman–Crippen LogP) is 2.22. The van der Waals surface area contributed by atoms with E-state index in [9.17, 15) is 4.79 Å². The molecule has 6 nitrogen and oxygen atoms in total. The molecule has 21 heavy (non-hydrogen) atoms. The molecule has 0 spiro atoms. The van der Waals surface area contributed by atoms with Crippen LogP contribution in [0.25, 0.3) is 0 Å². The van der Waals surface area contributed by atoms with Crippen LogP contribution >= 0.6 is 11.3 Å². The first-order valence-corrected chi connectivity index (χ1v) is 7.84. The third-order valence-electron chi connectivity index (χ3n) is 3.56. The van der Waals surface area contributed by atoms with Crippen molar-refractivity contribution in [3.05, 3.63) is 33.6 Å². The molecule has 2 aromatic rings. The van der Waals surface area contributed by atoms with E-state index in [0.717, 1.165) is 10.7 Å². The molecule has 0 aliphatic carbocycles. The Balaban J connectivity index is 1.80. The molecule has 0 unspecified atom stereocenters. The Labute approximate surface area is 126 Å². The lowest BCUT2D eigenvalue weighted by Crippen LogP contribution is -2.42. The first-order valence-electron chi connectivity index (χ1n) is 6.96. The van der Waals surface area contributed by atoms with Crippen LogP contribution in [0, 0.1) is 6.92 Å². The Hall–Kier alpha value is -1.73. The lowest BCUT2D eigenvalue weighted by molar-refractivity contribution is -0.0229. The van der Waals surface area contributed by atoms with Gasteiger partial charge in [0.2, 0.25) is 0 Å². The fraction of sp³-hybridized carbons (Fsp3) is 0.500. The molecule has 3 heterocycles. The number of carbonyl (C=O) groups excluding carboxylic acids is 1. The average Bonchev–Trinajstić information content (AvgIpc) is 3.16. The zero-order valence-corrected chi connectivity index (χ0v) is 12.9.